The minimum atomic E-state index is 1.01. The molecular weight excluding hydrogens is 178 g/mol. The van der Waals surface area contributed by atoms with Crippen LogP contribution in [0.3, 0.4) is 0 Å². The summed E-state index contributed by atoms with van der Waals surface area (Å²) < 4.78 is 1.29. The van der Waals surface area contributed by atoms with Crippen molar-refractivity contribution in [3.8, 4) is 0 Å². The number of aromatic nitrogens is 1. The number of aryl methyl sites for hydroxylation is 1. The van der Waals surface area contributed by atoms with E-state index in [4.69, 9.17) is 0 Å². The topological polar surface area (TPSA) is 12.9 Å². The molecule has 1 heterocycles. The molecule has 1 aromatic heterocycles. The summed E-state index contributed by atoms with van der Waals surface area (Å²) in [5.41, 5.74) is 4.42. The van der Waals surface area contributed by atoms with Gasteiger partial charge in [-0.3, -0.25) is 0 Å². The van der Waals surface area contributed by atoms with E-state index >= 15 is 0 Å². The number of thiazole rings is 1. The molecule has 1 aromatic carbocycles. The second kappa shape index (κ2) is 3.88. The van der Waals surface area contributed by atoms with Crippen LogP contribution in [0.25, 0.3) is 10.2 Å². The zero-order valence-corrected chi connectivity index (χ0v) is 8.31. The van der Waals surface area contributed by atoms with Crippen molar-refractivity contribution in [2.24, 2.45) is 0 Å². The summed E-state index contributed by atoms with van der Waals surface area (Å²) in [5.74, 6) is 0. The smallest absolute Gasteiger partial charge is 0.0812 e. The average Bonchev–Trinajstić information content (AvgIpc) is 2.61. The average molecular weight is 190 g/mol. The van der Waals surface area contributed by atoms with Gasteiger partial charge < -0.3 is 0 Å². The molecule has 0 saturated heterocycles. The monoisotopic (exact) mass is 190 g/mol. The van der Waals surface area contributed by atoms with Gasteiger partial charge in [-0.25, -0.2) is 4.98 Å². The van der Waals surface area contributed by atoms with Gasteiger partial charge in [0.1, 0.15) is 0 Å². The van der Waals surface area contributed by atoms with E-state index in [9.17, 15) is 0 Å². The molecule has 0 saturated carbocycles. The van der Waals surface area contributed by atoms with Gasteiger partial charge in [-0.05, 0) is 30.5 Å². The Morgan fingerprint density at radius 1 is 1.38 bits per heavy atom. The summed E-state index contributed by atoms with van der Waals surface area (Å²) in [5, 5.41) is 0. The fourth-order valence-electron chi connectivity index (χ4n) is 1.38. The minimum absolute atomic E-state index is 1.01. The molecule has 0 spiro atoms. The van der Waals surface area contributed by atoms with Gasteiger partial charge in [-0.2, -0.15) is 0 Å². The highest BCUT2D eigenvalue weighted by Crippen LogP contribution is 2.19. The number of benzene rings is 1. The van der Waals surface area contributed by atoms with Gasteiger partial charge in [-0.1, -0.05) is 19.4 Å². The van der Waals surface area contributed by atoms with Gasteiger partial charge in [0.15, 0.2) is 0 Å². The predicted octanol–water partition coefficient (Wildman–Crippen LogP) is 3.45. The van der Waals surface area contributed by atoms with Crippen molar-refractivity contribution in [3.05, 3.63) is 36.2 Å². The maximum atomic E-state index is 4.25. The Morgan fingerprint density at radius 3 is 3.15 bits per heavy atom. The Labute approximate surface area is 82.4 Å². The van der Waals surface area contributed by atoms with Gasteiger partial charge >= 0.3 is 0 Å². The van der Waals surface area contributed by atoms with Crippen molar-refractivity contribution in [2.45, 2.75) is 19.3 Å². The van der Waals surface area contributed by atoms with Gasteiger partial charge in [0, 0.05) is 0 Å². The molecule has 13 heavy (non-hydrogen) atoms. The SMILES string of the molecule is [CH2]CCCc1ccc2ncsc2c1. The molecule has 0 bridgehead atoms. The molecule has 67 valence electrons. The zero-order chi connectivity index (χ0) is 9.10. The fourth-order valence-corrected chi connectivity index (χ4v) is 2.12. The lowest BCUT2D eigenvalue weighted by molar-refractivity contribution is 0.842. The van der Waals surface area contributed by atoms with Crippen molar-refractivity contribution in [2.75, 3.05) is 0 Å². The van der Waals surface area contributed by atoms with Crippen LogP contribution in [0.4, 0.5) is 0 Å². The number of hydrogen-bond acceptors (Lipinski definition) is 2. The van der Waals surface area contributed by atoms with Crippen molar-refractivity contribution >= 4 is 21.6 Å². The summed E-state index contributed by atoms with van der Waals surface area (Å²) >= 11 is 1.71. The second-order valence-corrected chi connectivity index (χ2v) is 4.00. The van der Waals surface area contributed by atoms with Crippen molar-refractivity contribution in [1.29, 1.82) is 0 Å². The van der Waals surface area contributed by atoms with E-state index in [1.54, 1.807) is 11.3 Å². The van der Waals surface area contributed by atoms with Gasteiger partial charge in [0.2, 0.25) is 0 Å². The first-order chi connectivity index (χ1) is 6.40. The van der Waals surface area contributed by atoms with Crippen molar-refractivity contribution in [1.82, 2.24) is 4.98 Å². The summed E-state index contributed by atoms with van der Waals surface area (Å²) in [6.07, 6.45) is 3.32. The highest BCUT2D eigenvalue weighted by molar-refractivity contribution is 7.16. The lowest BCUT2D eigenvalue weighted by Crippen LogP contribution is -1.83. The first kappa shape index (κ1) is 8.70. The van der Waals surface area contributed by atoms with Crippen LogP contribution < -0.4 is 0 Å². The molecule has 2 rings (SSSR count). The summed E-state index contributed by atoms with van der Waals surface area (Å²) in [4.78, 5) is 4.25. The third-order valence-electron chi connectivity index (χ3n) is 2.11. The molecule has 2 heteroatoms. The molecule has 0 N–H and O–H groups in total. The molecular formula is C11H12NS. The molecule has 0 aliphatic rings. The lowest BCUT2D eigenvalue weighted by Gasteiger charge is -1.98. The molecule has 1 radical (unpaired) electrons. The molecule has 1 nitrogen and oxygen atoms in total. The number of unbranched alkanes of at least 4 members (excludes halogenated alkanes) is 1. The van der Waals surface area contributed by atoms with Crippen LogP contribution >= 0.6 is 11.3 Å². The van der Waals surface area contributed by atoms with Crippen LogP contribution in [0.1, 0.15) is 18.4 Å². The quantitative estimate of drug-likeness (QED) is 0.722. The van der Waals surface area contributed by atoms with Gasteiger partial charge in [-0.15, -0.1) is 11.3 Å². The van der Waals surface area contributed by atoms with E-state index in [0.29, 0.717) is 0 Å². The Hall–Kier alpha value is -0.890. The van der Waals surface area contributed by atoms with E-state index in [1.807, 2.05) is 5.51 Å². The Bertz CT molecular complexity index is 392. The highest BCUT2D eigenvalue weighted by atomic mass is 32.1. The maximum Gasteiger partial charge on any atom is 0.0812 e. The van der Waals surface area contributed by atoms with E-state index in [1.165, 1.54) is 16.7 Å². The number of nitrogens with zero attached hydrogens (tertiary/aromatic N) is 1. The second-order valence-electron chi connectivity index (χ2n) is 3.11. The van der Waals surface area contributed by atoms with Gasteiger partial charge in [0.05, 0.1) is 15.7 Å². The van der Waals surface area contributed by atoms with E-state index in [2.05, 4.69) is 30.1 Å². The van der Waals surface area contributed by atoms with Crippen molar-refractivity contribution in [3.63, 3.8) is 0 Å². The number of hydrogen-bond donors (Lipinski definition) is 0. The largest absolute Gasteiger partial charge is 0.245 e. The van der Waals surface area contributed by atoms with E-state index < -0.39 is 0 Å². The lowest BCUT2D eigenvalue weighted by atomic mass is 10.1. The molecule has 0 atom stereocenters. The van der Waals surface area contributed by atoms with Crippen molar-refractivity contribution < 1.29 is 0 Å². The predicted molar refractivity (Wildman–Crippen MR) is 57.9 cm³/mol. The van der Waals surface area contributed by atoms with Crippen LogP contribution in [0.2, 0.25) is 0 Å². The Kier molecular flexibility index (Phi) is 2.60. The Balaban J connectivity index is 2.26. The van der Waals surface area contributed by atoms with E-state index in [0.717, 1.165) is 18.4 Å². The standard InChI is InChI=1S/C11H12NS/c1-2-3-4-9-5-6-10-11(7-9)13-8-12-10/h5-8H,1-4H2. The Morgan fingerprint density at radius 2 is 2.31 bits per heavy atom. The summed E-state index contributed by atoms with van der Waals surface area (Å²) in [6.45, 7) is 3.84. The molecule has 0 unspecified atom stereocenters. The van der Waals surface area contributed by atoms with Crippen LogP contribution in [0.15, 0.2) is 23.7 Å². The van der Waals surface area contributed by atoms with Gasteiger partial charge in [0.25, 0.3) is 0 Å². The molecule has 0 aliphatic carbocycles. The number of fused-ring (bicyclic) bond motifs is 1. The number of rotatable bonds is 3. The summed E-state index contributed by atoms with van der Waals surface area (Å²) in [6, 6.07) is 6.50. The minimum Gasteiger partial charge on any atom is -0.245 e. The first-order valence-electron chi connectivity index (χ1n) is 4.51. The van der Waals surface area contributed by atoms with Crippen LogP contribution in [-0.2, 0) is 6.42 Å². The third kappa shape index (κ3) is 1.89. The normalized spacial score (nSPS) is 10.8. The molecule has 0 fully saturated rings. The van der Waals surface area contributed by atoms with Crippen LogP contribution in [0, 0.1) is 6.92 Å². The maximum absolute atomic E-state index is 4.25. The molecule has 2 aromatic rings. The van der Waals surface area contributed by atoms with Crippen LogP contribution in [0.5, 0.6) is 0 Å². The highest BCUT2D eigenvalue weighted by Gasteiger charge is 1.97. The molecule has 0 amide bonds. The summed E-state index contributed by atoms with van der Waals surface area (Å²) in [7, 11) is 0. The fraction of sp³-hybridized carbons (Fsp3) is 0.273. The molecule has 0 aliphatic heterocycles. The van der Waals surface area contributed by atoms with Crippen LogP contribution in [-0.4, -0.2) is 4.98 Å². The zero-order valence-electron chi connectivity index (χ0n) is 7.49. The van der Waals surface area contributed by atoms with E-state index in [-0.39, 0.29) is 0 Å². The first-order valence-corrected chi connectivity index (χ1v) is 5.39. The third-order valence-corrected chi connectivity index (χ3v) is 2.90.